The van der Waals surface area contributed by atoms with Crippen LogP contribution in [-0.4, -0.2) is 25.0 Å². The van der Waals surface area contributed by atoms with Crippen LogP contribution >= 0.6 is 0 Å². The Labute approximate surface area is 111 Å². The van der Waals surface area contributed by atoms with E-state index in [2.05, 4.69) is 17.6 Å². The van der Waals surface area contributed by atoms with Gasteiger partial charge in [-0.2, -0.15) is 0 Å². The van der Waals surface area contributed by atoms with Gasteiger partial charge < -0.3 is 10.6 Å². The van der Waals surface area contributed by atoms with Gasteiger partial charge in [-0.05, 0) is 37.5 Å². The van der Waals surface area contributed by atoms with Crippen LogP contribution in [0, 0.1) is 5.41 Å². The number of carbonyl (C=O) groups excluding carboxylic acids is 1. The van der Waals surface area contributed by atoms with Crippen LogP contribution in [0.1, 0.15) is 64.7 Å². The summed E-state index contributed by atoms with van der Waals surface area (Å²) in [6, 6.07) is 0.586. The van der Waals surface area contributed by atoms with Crippen molar-refractivity contribution in [3.8, 4) is 0 Å². The summed E-state index contributed by atoms with van der Waals surface area (Å²) in [7, 11) is 0. The van der Waals surface area contributed by atoms with E-state index in [0.717, 1.165) is 6.54 Å². The molecular weight excluding hydrogens is 224 g/mol. The molecule has 0 spiro atoms. The molecular formula is C15H28N2O. The minimum atomic E-state index is 0.182. The third kappa shape index (κ3) is 3.71. The third-order valence-electron chi connectivity index (χ3n) is 4.98. The molecule has 0 aromatic heterocycles. The smallest absolute Gasteiger partial charge is 0.233 e. The zero-order valence-electron chi connectivity index (χ0n) is 11.8. The summed E-state index contributed by atoms with van der Waals surface area (Å²) in [5, 5.41) is 6.51. The molecule has 3 nitrogen and oxygen atoms in total. The highest BCUT2D eigenvalue weighted by Crippen LogP contribution is 2.40. The van der Waals surface area contributed by atoms with Crippen molar-refractivity contribution in [3.63, 3.8) is 0 Å². The van der Waals surface area contributed by atoms with Crippen molar-refractivity contribution in [2.45, 2.75) is 70.8 Å². The van der Waals surface area contributed by atoms with E-state index >= 15 is 0 Å². The Morgan fingerprint density at radius 3 is 2.44 bits per heavy atom. The van der Waals surface area contributed by atoms with E-state index in [-0.39, 0.29) is 5.91 Å². The maximum Gasteiger partial charge on any atom is 0.233 e. The Hall–Kier alpha value is -0.570. The number of rotatable bonds is 6. The number of hydrogen-bond donors (Lipinski definition) is 2. The van der Waals surface area contributed by atoms with E-state index in [1.807, 2.05) is 0 Å². The number of nitrogens with one attached hydrogen (secondary N) is 2. The summed E-state index contributed by atoms with van der Waals surface area (Å²) in [6.45, 7) is 3.65. The fourth-order valence-electron chi connectivity index (χ4n) is 3.50. The normalized spacial score (nSPS) is 23.4. The van der Waals surface area contributed by atoms with Gasteiger partial charge in [-0.1, -0.05) is 32.6 Å². The Kier molecular flexibility index (Phi) is 5.04. The predicted molar refractivity (Wildman–Crippen MR) is 74.5 cm³/mol. The lowest BCUT2D eigenvalue weighted by atomic mass is 9.83. The largest absolute Gasteiger partial charge is 0.354 e. The molecule has 0 aromatic rings. The molecule has 2 N–H and O–H groups in total. The molecule has 2 saturated carbocycles. The van der Waals surface area contributed by atoms with Crippen molar-refractivity contribution >= 4 is 5.91 Å². The summed E-state index contributed by atoms with van der Waals surface area (Å²) in [4.78, 5) is 11.8. The average Bonchev–Trinajstić information content (AvgIpc) is 3.06. The first-order chi connectivity index (χ1) is 8.74. The lowest BCUT2D eigenvalue weighted by Gasteiger charge is -2.27. The topological polar surface area (TPSA) is 41.1 Å². The van der Waals surface area contributed by atoms with Crippen LogP contribution in [0.5, 0.6) is 0 Å². The van der Waals surface area contributed by atoms with Crippen molar-refractivity contribution in [1.82, 2.24) is 10.6 Å². The number of amides is 1. The first kappa shape index (κ1) is 13.9. The molecule has 0 atom stereocenters. The lowest BCUT2D eigenvalue weighted by molar-refractivity contribution is -0.120. The van der Waals surface area contributed by atoms with Crippen molar-refractivity contribution in [2.75, 3.05) is 13.1 Å². The summed E-state index contributed by atoms with van der Waals surface area (Å²) < 4.78 is 0. The van der Waals surface area contributed by atoms with E-state index in [1.165, 1.54) is 57.8 Å². The second-order valence-electron chi connectivity index (χ2n) is 6.20. The van der Waals surface area contributed by atoms with Gasteiger partial charge in [-0.3, -0.25) is 4.79 Å². The Morgan fingerprint density at radius 2 is 1.83 bits per heavy atom. The Balaban J connectivity index is 1.64. The van der Waals surface area contributed by atoms with Crippen molar-refractivity contribution in [1.29, 1.82) is 0 Å². The first-order valence-electron chi connectivity index (χ1n) is 7.74. The molecule has 0 bridgehead atoms. The van der Waals surface area contributed by atoms with Gasteiger partial charge in [0, 0.05) is 12.6 Å². The standard InChI is InChI=1S/C15H28N2O/c1-2-15(9-5-6-10-15)12-17-14(18)11-16-13-7-3-4-8-13/h13,16H,2-12H2,1H3,(H,17,18). The number of hydrogen-bond acceptors (Lipinski definition) is 2. The maximum atomic E-state index is 11.8. The second-order valence-corrected chi connectivity index (χ2v) is 6.20. The van der Waals surface area contributed by atoms with Gasteiger partial charge in [0.2, 0.25) is 5.91 Å². The summed E-state index contributed by atoms with van der Waals surface area (Å²) >= 11 is 0. The van der Waals surface area contributed by atoms with Crippen LogP contribution in [0.4, 0.5) is 0 Å². The molecule has 18 heavy (non-hydrogen) atoms. The Morgan fingerprint density at radius 1 is 1.17 bits per heavy atom. The van der Waals surface area contributed by atoms with Crippen molar-refractivity contribution in [2.24, 2.45) is 5.41 Å². The molecule has 0 heterocycles. The van der Waals surface area contributed by atoms with Gasteiger partial charge in [0.05, 0.1) is 6.54 Å². The molecule has 0 radical (unpaired) electrons. The van der Waals surface area contributed by atoms with Crippen molar-refractivity contribution in [3.05, 3.63) is 0 Å². The highest BCUT2D eigenvalue weighted by atomic mass is 16.1. The molecule has 0 unspecified atom stereocenters. The minimum Gasteiger partial charge on any atom is -0.354 e. The molecule has 2 rings (SSSR count). The quantitative estimate of drug-likeness (QED) is 0.763. The third-order valence-corrected chi connectivity index (χ3v) is 4.98. The summed E-state index contributed by atoms with van der Waals surface area (Å²) in [5.41, 5.74) is 0.406. The van der Waals surface area contributed by atoms with Gasteiger partial charge in [0.25, 0.3) is 0 Å². The fourth-order valence-corrected chi connectivity index (χ4v) is 3.50. The van der Waals surface area contributed by atoms with Gasteiger partial charge >= 0.3 is 0 Å². The molecule has 104 valence electrons. The molecule has 0 saturated heterocycles. The van der Waals surface area contributed by atoms with Gasteiger partial charge in [0.15, 0.2) is 0 Å². The molecule has 3 heteroatoms. The maximum absolute atomic E-state index is 11.8. The zero-order valence-corrected chi connectivity index (χ0v) is 11.8. The SMILES string of the molecule is CCC1(CNC(=O)CNC2CCCC2)CCCC1. The summed E-state index contributed by atoms with van der Waals surface area (Å²) in [6.07, 6.45) is 11.6. The van der Waals surface area contributed by atoms with E-state index < -0.39 is 0 Å². The highest BCUT2D eigenvalue weighted by Gasteiger charge is 2.32. The molecule has 1 amide bonds. The predicted octanol–water partition coefficient (Wildman–Crippen LogP) is 2.61. The molecule has 2 aliphatic rings. The summed E-state index contributed by atoms with van der Waals surface area (Å²) in [5.74, 6) is 0.182. The van der Waals surface area contributed by atoms with Crippen molar-refractivity contribution < 1.29 is 4.79 Å². The van der Waals surface area contributed by atoms with E-state index in [0.29, 0.717) is 18.0 Å². The van der Waals surface area contributed by atoms with Gasteiger partial charge in [-0.25, -0.2) is 0 Å². The van der Waals surface area contributed by atoms with Gasteiger partial charge in [-0.15, -0.1) is 0 Å². The van der Waals surface area contributed by atoms with Crippen LogP contribution in [0.25, 0.3) is 0 Å². The number of carbonyl (C=O) groups is 1. The van der Waals surface area contributed by atoms with Crippen LogP contribution in [0.3, 0.4) is 0 Å². The van der Waals surface area contributed by atoms with E-state index in [4.69, 9.17) is 0 Å². The van der Waals surface area contributed by atoms with E-state index in [9.17, 15) is 4.79 Å². The van der Waals surface area contributed by atoms with Crippen LogP contribution in [-0.2, 0) is 4.79 Å². The van der Waals surface area contributed by atoms with Gasteiger partial charge in [0.1, 0.15) is 0 Å². The first-order valence-corrected chi connectivity index (χ1v) is 7.74. The lowest BCUT2D eigenvalue weighted by Crippen LogP contribution is -2.42. The molecule has 0 aromatic carbocycles. The zero-order chi connectivity index (χ0) is 12.8. The van der Waals surface area contributed by atoms with Crippen LogP contribution in [0.2, 0.25) is 0 Å². The monoisotopic (exact) mass is 252 g/mol. The van der Waals surface area contributed by atoms with Crippen LogP contribution in [0.15, 0.2) is 0 Å². The second kappa shape index (κ2) is 6.55. The average molecular weight is 252 g/mol. The van der Waals surface area contributed by atoms with Crippen LogP contribution < -0.4 is 10.6 Å². The Bertz CT molecular complexity index is 266. The minimum absolute atomic E-state index is 0.182. The van der Waals surface area contributed by atoms with E-state index in [1.54, 1.807) is 0 Å². The highest BCUT2D eigenvalue weighted by molar-refractivity contribution is 5.78. The molecule has 0 aliphatic heterocycles. The molecule has 2 aliphatic carbocycles. The molecule has 2 fully saturated rings. The fraction of sp³-hybridized carbons (Fsp3) is 0.933.